The molecule has 0 bridgehead atoms. The monoisotopic (exact) mass is 110 g/mol. The molecule has 1 saturated heterocycles. The molecule has 2 nitrogen and oxygen atoms in total. The van der Waals surface area contributed by atoms with Crippen LogP contribution in [0, 0.1) is 5.92 Å². The average molecular weight is 110 g/mol. The molecular formula is C6H10N2. The summed E-state index contributed by atoms with van der Waals surface area (Å²) in [5, 5.41) is 6.52. The first-order valence-corrected chi connectivity index (χ1v) is 3.14. The van der Waals surface area contributed by atoms with Crippen molar-refractivity contribution in [2.24, 2.45) is 5.92 Å². The van der Waals surface area contributed by atoms with Crippen molar-refractivity contribution in [3.63, 3.8) is 0 Å². The molecular weight excluding hydrogens is 100 g/mol. The Balaban J connectivity index is 2.20. The third kappa shape index (κ3) is 0.427. The summed E-state index contributed by atoms with van der Waals surface area (Å²) < 4.78 is 0. The minimum atomic E-state index is 0.815. The lowest BCUT2D eigenvalue weighted by Gasteiger charge is -1.97. The van der Waals surface area contributed by atoms with Crippen molar-refractivity contribution in [1.82, 2.24) is 10.6 Å². The summed E-state index contributed by atoms with van der Waals surface area (Å²) in [6.07, 6.45) is 3.41. The Hall–Kier alpha value is -0.660. The molecule has 0 aromatic carbocycles. The second-order valence-corrected chi connectivity index (χ2v) is 2.42. The molecule has 0 spiro atoms. The van der Waals surface area contributed by atoms with Gasteiger partial charge in [-0.15, -0.1) is 0 Å². The zero-order valence-electron chi connectivity index (χ0n) is 4.78. The predicted octanol–water partition coefficient (Wildman–Crippen LogP) is 0.0405. The SMILES string of the molecule is C1=C2NCCC2CN1. The molecule has 0 aliphatic carbocycles. The molecule has 0 radical (unpaired) electrons. The van der Waals surface area contributed by atoms with Gasteiger partial charge in [0.05, 0.1) is 0 Å². The van der Waals surface area contributed by atoms with Gasteiger partial charge in [0.2, 0.25) is 0 Å². The fourth-order valence-corrected chi connectivity index (χ4v) is 1.38. The van der Waals surface area contributed by atoms with E-state index in [0.29, 0.717) is 0 Å². The average Bonchev–Trinajstić information content (AvgIpc) is 2.15. The summed E-state index contributed by atoms with van der Waals surface area (Å²) in [6.45, 7) is 2.33. The summed E-state index contributed by atoms with van der Waals surface area (Å²) in [4.78, 5) is 0. The zero-order valence-corrected chi connectivity index (χ0v) is 4.78. The predicted molar refractivity (Wildman–Crippen MR) is 32.2 cm³/mol. The van der Waals surface area contributed by atoms with E-state index in [1.165, 1.54) is 18.7 Å². The molecule has 2 rings (SSSR count). The van der Waals surface area contributed by atoms with Crippen LogP contribution in [0.3, 0.4) is 0 Å². The molecule has 1 atom stereocenters. The van der Waals surface area contributed by atoms with Crippen LogP contribution < -0.4 is 10.6 Å². The number of rotatable bonds is 0. The lowest BCUT2D eigenvalue weighted by molar-refractivity contribution is 0.647. The lowest BCUT2D eigenvalue weighted by Crippen LogP contribution is -2.07. The van der Waals surface area contributed by atoms with Gasteiger partial charge in [0.1, 0.15) is 0 Å². The van der Waals surface area contributed by atoms with E-state index in [4.69, 9.17) is 0 Å². The van der Waals surface area contributed by atoms with Gasteiger partial charge < -0.3 is 10.6 Å². The Bertz CT molecular complexity index is 128. The van der Waals surface area contributed by atoms with Crippen LogP contribution >= 0.6 is 0 Å². The summed E-state index contributed by atoms with van der Waals surface area (Å²) >= 11 is 0. The molecule has 0 amide bonds. The zero-order chi connectivity index (χ0) is 5.40. The third-order valence-electron chi connectivity index (χ3n) is 1.88. The molecule has 2 aliphatic rings. The van der Waals surface area contributed by atoms with E-state index in [-0.39, 0.29) is 0 Å². The normalized spacial score (nSPS) is 33.0. The van der Waals surface area contributed by atoms with E-state index in [1.807, 2.05) is 0 Å². The van der Waals surface area contributed by atoms with Crippen LogP contribution in [0.5, 0.6) is 0 Å². The fourth-order valence-electron chi connectivity index (χ4n) is 1.38. The van der Waals surface area contributed by atoms with Crippen LogP contribution in [0.1, 0.15) is 6.42 Å². The Morgan fingerprint density at radius 2 is 2.62 bits per heavy atom. The molecule has 44 valence electrons. The Labute approximate surface area is 49.0 Å². The quantitative estimate of drug-likeness (QED) is 0.460. The maximum Gasteiger partial charge on any atom is 0.0316 e. The van der Waals surface area contributed by atoms with Crippen molar-refractivity contribution in [3.8, 4) is 0 Å². The van der Waals surface area contributed by atoms with E-state index in [1.54, 1.807) is 0 Å². The van der Waals surface area contributed by atoms with Gasteiger partial charge in [-0.05, 0) is 6.42 Å². The number of hydrogen-bond donors (Lipinski definition) is 2. The summed E-state index contributed by atoms with van der Waals surface area (Å²) in [5.41, 5.74) is 1.42. The smallest absolute Gasteiger partial charge is 0.0316 e. The van der Waals surface area contributed by atoms with Crippen molar-refractivity contribution in [2.75, 3.05) is 13.1 Å². The molecule has 1 unspecified atom stereocenters. The van der Waals surface area contributed by atoms with Crippen LogP contribution in [0.2, 0.25) is 0 Å². The second kappa shape index (κ2) is 1.41. The molecule has 2 aliphatic heterocycles. The van der Waals surface area contributed by atoms with Crippen LogP contribution in [0.15, 0.2) is 11.9 Å². The van der Waals surface area contributed by atoms with Crippen LogP contribution in [-0.4, -0.2) is 13.1 Å². The van der Waals surface area contributed by atoms with Crippen LogP contribution in [0.4, 0.5) is 0 Å². The summed E-state index contributed by atoms with van der Waals surface area (Å²) in [6, 6.07) is 0. The summed E-state index contributed by atoms with van der Waals surface area (Å²) in [7, 11) is 0. The molecule has 1 fully saturated rings. The van der Waals surface area contributed by atoms with Gasteiger partial charge in [-0.1, -0.05) is 0 Å². The van der Waals surface area contributed by atoms with Gasteiger partial charge in [-0.2, -0.15) is 0 Å². The third-order valence-corrected chi connectivity index (χ3v) is 1.88. The van der Waals surface area contributed by atoms with Crippen molar-refractivity contribution in [1.29, 1.82) is 0 Å². The highest BCUT2D eigenvalue weighted by atomic mass is 15.0. The topological polar surface area (TPSA) is 24.1 Å². The highest BCUT2D eigenvalue weighted by molar-refractivity contribution is 5.13. The van der Waals surface area contributed by atoms with Gasteiger partial charge >= 0.3 is 0 Å². The van der Waals surface area contributed by atoms with E-state index >= 15 is 0 Å². The van der Waals surface area contributed by atoms with E-state index in [2.05, 4.69) is 16.8 Å². The fraction of sp³-hybridized carbons (Fsp3) is 0.667. The first-order chi connectivity index (χ1) is 3.97. The first kappa shape index (κ1) is 4.24. The number of nitrogens with one attached hydrogen (secondary N) is 2. The van der Waals surface area contributed by atoms with Crippen molar-refractivity contribution < 1.29 is 0 Å². The van der Waals surface area contributed by atoms with E-state index in [9.17, 15) is 0 Å². The first-order valence-electron chi connectivity index (χ1n) is 3.14. The molecule has 2 heteroatoms. The van der Waals surface area contributed by atoms with Gasteiger partial charge in [0, 0.05) is 30.9 Å². The van der Waals surface area contributed by atoms with Crippen molar-refractivity contribution in [2.45, 2.75) is 6.42 Å². The highest BCUT2D eigenvalue weighted by Gasteiger charge is 2.23. The number of fused-ring (bicyclic) bond motifs is 1. The Morgan fingerprint density at radius 1 is 1.62 bits per heavy atom. The highest BCUT2D eigenvalue weighted by Crippen LogP contribution is 2.20. The maximum absolute atomic E-state index is 3.32. The van der Waals surface area contributed by atoms with Crippen LogP contribution in [-0.2, 0) is 0 Å². The molecule has 8 heavy (non-hydrogen) atoms. The van der Waals surface area contributed by atoms with Gasteiger partial charge in [0.25, 0.3) is 0 Å². The van der Waals surface area contributed by atoms with Gasteiger partial charge in [-0.3, -0.25) is 0 Å². The van der Waals surface area contributed by atoms with Gasteiger partial charge in [-0.25, -0.2) is 0 Å². The van der Waals surface area contributed by atoms with Gasteiger partial charge in [0.15, 0.2) is 0 Å². The molecule has 0 aromatic heterocycles. The Kier molecular flexibility index (Phi) is 0.745. The largest absolute Gasteiger partial charge is 0.389 e. The Morgan fingerprint density at radius 3 is 3.50 bits per heavy atom. The lowest BCUT2D eigenvalue weighted by atomic mass is 10.1. The summed E-state index contributed by atoms with van der Waals surface area (Å²) in [5.74, 6) is 0.815. The molecule has 0 saturated carbocycles. The minimum absolute atomic E-state index is 0.815. The molecule has 2 heterocycles. The molecule has 0 aromatic rings. The standard InChI is InChI=1S/C6H10N2/c1-2-8-6-4-7-3-5(1)6/h4-5,7-8H,1-3H2. The second-order valence-electron chi connectivity index (χ2n) is 2.42. The van der Waals surface area contributed by atoms with Crippen molar-refractivity contribution in [3.05, 3.63) is 11.9 Å². The minimum Gasteiger partial charge on any atom is -0.389 e. The van der Waals surface area contributed by atoms with E-state index in [0.717, 1.165) is 12.5 Å². The van der Waals surface area contributed by atoms with Crippen LogP contribution in [0.25, 0.3) is 0 Å². The van der Waals surface area contributed by atoms with E-state index < -0.39 is 0 Å². The molecule has 2 N–H and O–H groups in total. The number of hydrogen-bond acceptors (Lipinski definition) is 2. The maximum atomic E-state index is 3.32. The van der Waals surface area contributed by atoms with Crippen molar-refractivity contribution >= 4 is 0 Å².